The average molecular weight is 286 g/mol. The van der Waals surface area contributed by atoms with E-state index in [1.54, 1.807) is 13.3 Å². The van der Waals surface area contributed by atoms with Gasteiger partial charge in [-0.25, -0.2) is 0 Å². The lowest BCUT2D eigenvalue weighted by atomic mass is 10.1. The molecule has 0 amide bonds. The highest BCUT2D eigenvalue weighted by Crippen LogP contribution is 2.19. The number of nitrogens with zero attached hydrogens (tertiary/aromatic N) is 1. The van der Waals surface area contributed by atoms with Gasteiger partial charge >= 0.3 is 0 Å². The lowest BCUT2D eigenvalue weighted by Crippen LogP contribution is -2.27. The third kappa shape index (κ3) is 4.76. The number of hydrogen-bond donors (Lipinski definition) is 1. The fourth-order valence-corrected chi connectivity index (χ4v) is 2.03. The first-order chi connectivity index (χ1) is 10.3. The van der Waals surface area contributed by atoms with Crippen molar-refractivity contribution in [2.75, 3.05) is 20.3 Å². The van der Waals surface area contributed by atoms with Gasteiger partial charge in [0.1, 0.15) is 18.1 Å². The van der Waals surface area contributed by atoms with Gasteiger partial charge in [-0.2, -0.15) is 0 Å². The largest absolute Gasteiger partial charge is 0.495 e. The van der Waals surface area contributed by atoms with Crippen LogP contribution in [0.1, 0.15) is 24.9 Å². The van der Waals surface area contributed by atoms with Gasteiger partial charge in [0, 0.05) is 6.20 Å². The van der Waals surface area contributed by atoms with Crippen LogP contribution < -0.4 is 14.8 Å². The summed E-state index contributed by atoms with van der Waals surface area (Å²) in [5.74, 6) is 1.63. The van der Waals surface area contributed by atoms with E-state index in [2.05, 4.69) is 17.2 Å². The molecule has 2 aromatic rings. The van der Waals surface area contributed by atoms with E-state index in [0.29, 0.717) is 6.61 Å². The van der Waals surface area contributed by atoms with E-state index < -0.39 is 0 Å². The number of para-hydroxylation sites is 1. The Bertz CT molecular complexity index is 531. The van der Waals surface area contributed by atoms with Gasteiger partial charge in [-0.15, -0.1) is 0 Å². The van der Waals surface area contributed by atoms with Crippen LogP contribution in [0.4, 0.5) is 0 Å². The third-order valence-electron chi connectivity index (χ3n) is 3.17. The summed E-state index contributed by atoms with van der Waals surface area (Å²) >= 11 is 0. The van der Waals surface area contributed by atoms with Crippen LogP contribution in [0.15, 0.2) is 48.8 Å². The summed E-state index contributed by atoms with van der Waals surface area (Å²) in [6, 6.07) is 11.9. The summed E-state index contributed by atoms with van der Waals surface area (Å²) in [6.45, 7) is 3.63. The highest BCUT2D eigenvalue weighted by molar-refractivity contribution is 5.27. The fourth-order valence-electron chi connectivity index (χ4n) is 2.03. The second-order valence-corrected chi connectivity index (χ2v) is 4.79. The number of benzene rings is 1. The summed E-state index contributed by atoms with van der Waals surface area (Å²) in [5, 5.41) is 3.49. The molecule has 1 heterocycles. The monoisotopic (exact) mass is 286 g/mol. The topological polar surface area (TPSA) is 43.4 Å². The molecule has 2 rings (SSSR count). The normalized spacial score (nSPS) is 11.9. The summed E-state index contributed by atoms with van der Waals surface area (Å²) < 4.78 is 11.1. The Balaban J connectivity index is 2.06. The standard InChI is InChI=1S/C17H22N2O2/c1-3-9-19-17(13-21-15-7-5-4-6-8-15)14-10-16(20-2)12-18-11-14/h4-8,10-12,17,19H,3,9,13H2,1-2H3. The summed E-state index contributed by atoms with van der Waals surface area (Å²) in [6.07, 6.45) is 4.63. The van der Waals surface area contributed by atoms with E-state index in [0.717, 1.165) is 30.0 Å². The number of ether oxygens (including phenoxy) is 2. The van der Waals surface area contributed by atoms with Crippen LogP contribution in [-0.4, -0.2) is 25.2 Å². The van der Waals surface area contributed by atoms with E-state index in [4.69, 9.17) is 9.47 Å². The SMILES string of the molecule is CCCNC(COc1ccccc1)c1cncc(OC)c1. The molecule has 1 atom stereocenters. The van der Waals surface area contributed by atoms with Crippen LogP contribution in [0.25, 0.3) is 0 Å². The lowest BCUT2D eigenvalue weighted by Gasteiger charge is -2.19. The van der Waals surface area contributed by atoms with Gasteiger partial charge in [0.2, 0.25) is 0 Å². The Morgan fingerprint density at radius 3 is 2.67 bits per heavy atom. The number of nitrogens with one attached hydrogen (secondary N) is 1. The highest BCUT2D eigenvalue weighted by atomic mass is 16.5. The van der Waals surface area contributed by atoms with Crippen molar-refractivity contribution in [3.8, 4) is 11.5 Å². The van der Waals surface area contributed by atoms with Gasteiger partial charge in [-0.05, 0) is 36.7 Å². The molecule has 0 radical (unpaired) electrons. The Morgan fingerprint density at radius 1 is 1.14 bits per heavy atom. The maximum absolute atomic E-state index is 5.86. The Kier molecular flexibility index (Phi) is 6.03. The molecule has 0 aliphatic carbocycles. The van der Waals surface area contributed by atoms with Crippen molar-refractivity contribution in [2.24, 2.45) is 0 Å². The predicted molar refractivity (Wildman–Crippen MR) is 83.8 cm³/mol. The molecule has 1 aromatic heterocycles. The molecule has 1 N–H and O–H groups in total. The van der Waals surface area contributed by atoms with Crippen molar-refractivity contribution in [1.29, 1.82) is 0 Å². The molecule has 0 bridgehead atoms. The number of methoxy groups -OCH3 is 1. The maximum Gasteiger partial charge on any atom is 0.137 e. The number of pyridine rings is 1. The molecule has 0 saturated carbocycles. The van der Waals surface area contributed by atoms with Crippen LogP contribution in [0.3, 0.4) is 0 Å². The van der Waals surface area contributed by atoms with Gasteiger partial charge in [0.15, 0.2) is 0 Å². The van der Waals surface area contributed by atoms with Crippen molar-refractivity contribution in [1.82, 2.24) is 10.3 Å². The maximum atomic E-state index is 5.86. The van der Waals surface area contributed by atoms with Crippen molar-refractivity contribution in [2.45, 2.75) is 19.4 Å². The molecule has 4 heteroatoms. The first-order valence-electron chi connectivity index (χ1n) is 7.23. The van der Waals surface area contributed by atoms with Crippen molar-refractivity contribution < 1.29 is 9.47 Å². The first kappa shape index (κ1) is 15.3. The molecule has 0 aliphatic heterocycles. The first-order valence-corrected chi connectivity index (χ1v) is 7.23. The molecule has 1 unspecified atom stereocenters. The van der Waals surface area contributed by atoms with Crippen molar-refractivity contribution >= 4 is 0 Å². The average Bonchev–Trinajstić information content (AvgIpc) is 2.56. The van der Waals surface area contributed by atoms with E-state index >= 15 is 0 Å². The number of rotatable bonds is 8. The molecular weight excluding hydrogens is 264 g/mol. The number of hydrogen-bond acceptors (Lipinski definition) is 4. The summed E-state index contributed by atoms with van der Waals surface area (Å²) in [5.41, 5.74) is 1.07. The highest BCUT2D eigenvalue weighted by Gasteiger charge is 2.13. The third-order valence-corrected chi connectivity index (χ3v) is 3.17. The van der Waals surface area contributed by atoms with E-state index in [1.165, 1.54) is 0 Å². The zero-order valence-corrected chi connectivity index (χ0v) is 12.6. The molecular formula is C17H22N2O2. The Labute approximate surface area is 126 Å². The van der Waals surface area contributed by atoms with E-state index in [1.807, 2.05) is 42.6 Å². The summed E-state index contributed by atoms with van der Waals surface area (Å²) in [7, 11) is 1.65. The summed E-state index contributed by atoms with van der Waals surface area (Å²) in [4.78, 5) is 4.22. The molecule has 0 spiro atoms. The van der Waals surface area contributed by atoms with E-state index in [-0.39, 0.29) is 6.04 Å². The van der Waals surface area contributed by atoms with Crippen LogP contribution in [0, 0.1) is 0 Å². The molecule has 4 nitrogen and oxygen atoms in total. The van der Waals surface area contributed by atoms with Gasteiger partial charge in [0.05, 0.1) is 19.3 Å². The van der Waals surface area contributed by atoms with Crippen LogP contribution in [0.5, 0.6) is 11.5 Å². The zero-order chi connectivity index (χ0) is 14.9. The van der Waals surface area contributed by atoms with E-state index in [9.17, 15) is 0 Å². The van der Waals surface area contributed by atoms with Crippen molar-refractivity contribution in [3.63, 3.8) is 0 Å². The quantitative estimate of drug-likeness (QED) is 0.809. The fraction of sp³-hybridized carbons (Fsp3) is 0.353. The van der Waals surface area contributed by atoms with Crippen LogP contribution in [0.2, 0.25) is 0 Å². The van der Waals surface area contributed by atoms with Gasteiger partial charge in [-0.3, -0.25) is 4.98 Å². The minimum absolute atomic E-state index is 0.0905. The van der Waals surface area contributed by atoms with Gasteiger partial charge in [0.25, 0.3) is 0 Å². The molecule has 0 aliphatic rings. The van der Waals surface area contributed by atoms with Crippen molar-refractivity contribution in [3.05, 3.63) is 54.4 Å². The smallest absolute Gasteiger partial charge is 0.137 e. The van der Waals surface area contributed by atoms with Gasteiger partial charge in [-0.1, -0.05) is 25.1 Å². The second-order valence-electron chi connectivity index (χ2n) is 4.79. The van der Waals surface area contributed by atoms with Crippen LogP contribution in [-0.2, 0) is 0 Å². The molecule has 112 valence electrons. The van der Waals surface area contributed by atoms with Gasteiger partial charge < -0.3 is 14.8 Å². The molecule has 0 fully saturated rings. The molecule has 0 saturated heterocycles. The Hall–Kier alpha value is -2.07. The number of aromatic nitrogens is 1. The Morgan fingerprint density at radius 2 is 1.95 bits per heavy atom. The minimum Gasteiger partial charge on any atom is -0.495 e. The zero-order valence-electron chi connectivity index (χ0n) is 12.6. The second kappa shape index (κ2) is 8.27. The predicted octanol–water partition coefficient (Wildman–Crippen LogP) is 3.21. The van der Waals surface area contributed by atoms with Crippen LogP contribution >= 0.6 is 0 Å². The minimum atomic E-state index is 0.0905. The lowest BCUT2D eigenvalue weighted by molar-refractivity contribution is 0.266. The molecule has 1 aromatic carbocycles. The molecule has 21 heavy (non-hydrogen) atoms.